The monoisotopic (exact) mass is 420 g/mol. The Kier molecular flexibility index (Phi) is 6.27. The van der Waals surface area contributed by atoms with Crippen LogP contribution < -0.4 is 15.2 Å². The molecule has 2 aromatic rings. The molecule has 0 atom stereocenters. The second-order valence-corrected chi connectivity index (χ2v) is 8.07. The lowest BCUT2D eigenvalue weighted by molar-refractivity contribution is 0.0836. The Morgan fingerprint density at radius 3 is 2.34 bits per heavy atom. The molecular weight excluding hydrogens is 392 g/mol. The summed E-state index contributed by atoms with van der Waals surface area (Å²) in [6, 6.07) is 6.36. The number of fused-ring (bicyclic) bond motifs is 1. The predicted octanol–water partition coefficient (Wildman–Crippen LogP) is 3.34. The summed E-state index contributed by atoms with van der Waals surface area (Å²) in [6.45, 7) is 2.75. The summed E-state index contributed by atoms with van der Waals surface area (Å²) in [5, 5.41) is 4.97. The second-order valence-electron chi connectivity index (χ2n) is 8.07. The van der Waals surface area contributed by atoms with Crippen molar-refractivity contribution in [2.24, 2.45) is 5.73 Å². The lowest BCUT2D eigenvalue weighted by Gasteiger charge is -2.26. The van der Waals surface area contributed by atoms with Gasteiger partial charge in [0.05, 0.1) is 5.69 Å². The molecule has 5 rings (SSSR count). The molecule has 2 N–H and O–H groups in total. The minimum absolute atomic E-state index is 0. The van der Waals surface area contributed by atoms with Crippen molar-refractivity contribution in [3.8, 4) is 17.2 Å². The first-order valence-corrected chi connectivity index (χ1v) is 10.5. The van der Waals surface area contributed by atoms with Gasteiger partial charge in [-0.25, -0.2) is 9.67 Å². The average Bonchev–Trinajstić information content (AvgIpc) is 3.20. The third-order valence-corrected chi connectivity index (χ3v) is 6.14. The van der Waals surface area contributed by atoms with Crippen molar-refractivity contribution in [3.05, 3.63) is 29.8 Å². The van der Waals surface area contributed by atoms with Gasteiger partial charge in [-0.1, -0.05) is 0 Å². The van der Waals surface area contributed by atoms with E-state index in [0.29, 0.717) is 31.1 Å². The molecule has 2 aliphatic heterocycles. The third-order valence-electron chi connectivity index (χ3n) is 6.14. The zero-order valence-corrected chi connectivity index (χ0v) is 17.4. The van der Waals surface area contributed by atoms with E-state index in [1.54, 1.807) is 0 Å². The molecule has 158 valence electrons. The number of aromatic nitrogens is 3. The number of nitrogens with two attached hydrogens (primary N) is 1. The maximum Gasteiger partial charge on any atom is 0.163 e. The first kappa shape index (κ1) is 20.4. The molecule has 1 aliphatic carbocycles. The van der Waals surface area contributed by atoms with E-state index in [1.807, 2.05) is 22.9 Å². The molecule has 0 unspecified atom stereocenters. The summed E-state index contributed by atoms with van der Waals surface area (Å²) in [5.74, 6) is 4.35. The molecule has 2 fully saturated rings. The molecule has 8 heteroatoms. The highest BCUT2D eigenvalue weighted by Gasteiger charge is 2.29. The zero-order valence-electron chi connectivity index (χ0n) is 16.6. The third kappa shape index (κ3) is 4.22. The summed E-state index contributed by atoms with van der Waals surface area (Å²) in [6.07, 6.45) is 6.20. The number of rotatable bonds is 3. The molecule has 1 aromatic carbocycles. The van der Waals surface area contributed by atoms with Crippen LogP contribution in [0, 0.1) is 0 Å². The number of nitrogens with zero attached hydrogens (tertiary/aromatic N) is 3. The number of ether oxygens (including phenoxy) is 3. The first-order chi connectivity index (χ1) is 13.8. The number of halogens is 1. The lowest BCUT2D eigenvalue weighted by atomic mass is 9.86. The highest BCUT2D eigenvalue weighted by Crippen LogP contribution is 2.37. The fourth-order valence-corrected chi connectivity index (χ4v) is 4.46. The van der Waals surface area contributed by atoms with Gasteiger partial charge in [0.2, 0.25) is 0 Å². The molecular formula is C21H29ClN4O3. The summed E-state index contributed by atoms with van der Waals surface area (Å²) >= 11 is 0. The van der Waals surface area contributed by atoms with Crippen LogP contribution in [0.3, 0.4) is 0 Å². The van der Waals surface area contributed by atoms with E-state index in [-0.39, 0.29) is 12.4 Å². The van der Waals surface area contributed by atoms with Crippen molar-refractivity contribution in [1.29, 1.82) is 0 Å². The van der Waals surface area contributed by atoms with Gasteiger partial charge < -0.3 is 19.9 Å². The first-order valence-electron chi connectivity index (χ1n) is 10.5. The van der Waals surface area contributed by atoms with Crippen molar-refractivity contribution in [3.63, 3.8) is 0 Å². The second kappa shape index (κ2) is 8.90. The van der Waals surface area contributed by atoms with Crippen LogP contribution in [-0.2, 0) is 4.74 Å². The van der Waals surface area contributed by atoms with E-state index in [4.69, 9.17) is 30.0 Å². The summed E-state index contributed by atoms with van der Waals surface area (Å²) < 4.78 is 19.0. The van der Waals surface area contributed by atoms with Crippen molar-refractivity contribution in [2.45, 2.75) is 56.4 Å². The SMILES string of the molecule is Cl.NC1CCC(c2nc(C3CCOCC3)nn2-c2ccc3c(c2)OCCO3)CC1. The van der Waals surface area contributed by atoms with Crippen LogP contribution in [0.4, 0.5) is 0 Å². The Morgan fingerprint density at radius 1 is 0.862 bits per heavy atom. The van der Waals surface area contributed by atoms with Crippen LogP contribution in [0.2, 0.25) is 0 Å². The van der Waals surface area contributed by atoms with Gasteiger partial charge >= 0.3 is 0 Å². The predicted molar refractivity (Wildman–Crippen MR) is 112 cm³/mol. The van der Waals surface area contributed by atoms with Gasteiger partial charge in [0, 0.05) is 37.2 Å². The Labute approximate surface area is 177 Å². The van der Waals surface area contributed by atoms with E-state index in [0.717, 1.165) is 80.6 Å². The molecule has 0 spiro atoms. The Morgan fingerprint density at radius 2 is 1.59 bits per heavy atom. The van der Waals surface area contributed by atoms with Gasteiger partial charge in [-0.3, -0.25) is 0 Å². The number of benzene rings is 1. The van der Waals surface area contributed by atoms with E-state index in [2.05, 4.69) is 0 Å². The van der Waals surface area contributed by atoms with Crippen LogP contribution in [0.15, 0.2) is 18.2 Å². The Hall–Kier alpha value is -1.83. The lowest BCUT2D eigenvalue weighted by Crippen LogP contribution is -2.26. The minimum atomic E-state index is 0. The quantitative estimate of drug-likeness (QED) is 0.819. The largest absolute Gasteiger partial charge is 0.486 e. The van der Waals surface area contributed by atoms with Crippen molar-refractivity contribution in [1.82, 2.24) is 14.8 Å². The minimum Gasteiger partial charge on any atom is -0.486 e. The van der Waals surface area contributed by atoms with E-state index in [9.17, 15) is 0 Å². The van der Waals surface area contributed by atoms with E-state index >= 15 is 0 Å². The fourth-order valence-electron chi connectivity index (χ4n) is 4.46. The maximum absolute atomic E-state index is 6.14. The molecule has 1 aromatic heterocycles. The van der Waals surface area contributed by atoms with Crippen molar-refractivity contribution >= 4 is 12.4 Å². The molecule has 1 saturated heterocycles. The highest BCUT2D eigenvalue weighted by atomic mass is 35.5. The standard InChI is InChI=1S/C21H28N4O3.ClH/c22-16-3-1-15(2-4-16)21-23-20(14-7-9-26-10-8-14)24-25(21)17-5-6-18-19(13-17)28-12-11-27-18;/h5-6,13-16H,1-4,7-12,22H2;1H. The summed E-state index contributed by atoms with van der Waals surface area (Å²) in [5.41, 5.74) is 7.12. The molecule has 3 heterocycles. The molecule has 7 nitrogen and oxygen atoms in total. The van der Waals surface area contributed by atoms with Crippen LogP contribution in [-0.4, -0.2) is 47.2 Å². The van der Waals surface area contributed by atoms with Gasteiger partial charge in [-0.2, -0.15) is 5.10 Å². The smallest absolute Gasteiger partial charge is 0.163 e. The average molecular weight is 421 g/mol. The van der Waals surface area contributed by atoms with Crippen LogP contribution in [0.5, 0.6) is 11.5 Å². The number of hydrogen-bond acceptors (Lipinski definition) is 6. The summed E-state index contributed by atoms with van der Waals surface area (Å²) in [7, 11) is 0. The highest BCUT2D eigenvalue weighted by molar-refractivity contribution is 5.85. The Balaban J connectivity index is 0.00000205. The topological polar surface area (TPSA) is 84.4 Å². The molecule has 0 bridgehead atoms. The number of hydrogen-bond donors (Lipinski definition) is 1. The molecule has 3 aliphatic rings. The van der Waals surface area contributed by atoms with E-state index < -0.39 is 0 Å². The van der Waals surface area contributed by atoms with Crippen LogP contribution in [0.1, 0.15) is 62.0 Å². The summed E-state index contributed by atoms with van der Waals surface area (Å²) in [4.78, 5) is 5.05. The van der Waals surface area contributed by atoms with Gasteiger partial charge in [0.15, 0.2) is 17.3 Å². The molecule has 1 saturated carbocycles. The van der Waals surface area contributed by atoms with Gasteiger partial charge in [0.1, 0.15) is 19.0 Å². The Bertz CT molecular complexity index is 829. The fraction of sp³-hybridized carbons (Fsp3) is 0.619. The van der Waals surface area contributed by atoms with Gasteiger partial charge in [0.25, 0.3) is 0 Å². The van der Waals surface area contributed by atoms with E-state index in [1.165, 1.54) is 0 Å². The van der Waals surface area contributed by atoms with Gasteiger partial charge in [-0.05, 0) is 50.7 Å². The molecule has 29 heavy (non-hydrogen) atoms. The molecule has 0 radical (unpaired) electrons. The normalized spacial score (nSPS) is 24.7. The zero-order chi connectivity index (χ0) is 18.9. The van der Waals surface area contributed by atoms with Crippen molar-refractivity contribution < 1.29 is 14.2 Å². The van der Waals surface area contributed by atoms with Crippen LogP contribution in [0.25, 0.3) is 5.69 Å². The maximum atomic E-state index is 6.14. The van der Waals surface area contributed by atoms with Crippen LogP contribution >= 0.6 is 12.4 Å². The van der Waals surface area contributed by atoms with Crippen molar-refractivity contribution in [2.75, 3.05) is 26.4 Å². The van der Waals surface area contributed by atoms with Gasteiger partial charge in [-0.15, -0.1) is 12.4 Å². The molecule has 0 amide bonds.